The van der Waals surface area contributed by atoms with E-state index in [-0.39, 0.29) is 11.5 Å². The summed E-state index contributed by atoms with van der Waals surface area (Å²) in [4.78, 5) is 22.1. The van der Waals surface area contributed by atoms with Gasteiger partial charge in [0, 0.05) is 37.0 Å². The molecule has 0 unspecified atom stereocenters. The molecule has 0 aliphatic rings. The lowest BCUT2D eigenvalue weighted by Gasteiger charge is -2.06. The number of rotatable bonds is 6. The molecular weight excluding hydrogens is 272 g/mol. The molecule has 2 aromatic rings. The summed E-state index contributed by atoms with van der Waals surface area (Å²) in [5, 5.41) is 10.9. The molecule has 0 atom stereocenters. The molecule has 0 bridgehead atoms. The van der Waals surface area contributed by atoms with Crippen molar-refractivity contribution in [1.82, 2.24) is 4.57 Å². The van der Waals surface area contributed by atoms with Crippen LogP contribution < -0.4 is 4.74 Å². The zero-order chi connectivity index (χ0) is 15.4. The molecule has 0 saturated heterocycles. The maximum atomic E-state index is 11.6. The van der Waals surface area contributed by atoms with Crippen LogP contribution in [0.2, 0.25) is 0 Å². The number of methoxy groups -OCH3 is 1. The first kappa shape index (κ1) is 14.8. The van der Waals surface area contributed by atoms with Crippen molar-refractivity contribution >= 4 is 11.5 Å². The summed E-state index contributed by atoms with van der Waals surface area (Å²) in [5.41, 5.74) is 1.38. The van der Waals surface area contributed by atoms with Crippen molar-refractivity contribution in [2.75, 3.05) is 7.11 Å². The van der Waals surface area contributed by atoms with Crippen molar-refractivity contribution in [3.63, 3.8) is 0 Å². The Morgan fingerprint density at radius 1 is 1.38 bits per heavy atom. The molecule has 0 radical (unpaired) electrons. The van der Waals surface area contributed by atoms with Crippen LogP contribution in [0.4, 0.5) is 5.69 Å². The molecular formula is C15H16N2O4. The molecule has 0 spiro atoms. The summed E-state index contributed by atoms with van der Waals surface area (Å²) >= 11 is 0. The smallest absolute Gasteiger partial charge is 0.273 e. The Morgan fingerprint density at radius 2 is 2.14 bits per heavy atom. The third kappa shape index (κ3) is 3.47. The van der Waals surface area contributed by atoms with E-state index in [0.29, 0.717) is 24.3 Å². The third-order valence-corrected chi connectivity index (χ3v) is 3.16. The highest BCUT2D eigenvalue weighted by Crippen LogP contribution is 2.23. The average molecular weight is 288 g/mol. The van der Waals surface area contributed by atoms with Crippen LogP contribution in [0, 0.1) is 10.1 Å². The molecule has 1 aromatic heterocycles. The average Bonchev–Trinajstić information content (AvgIpc) is 2.94. The number of carbonyl (C=O) groups excluding carboxylic acids is 1. The zero-order valence-electron chi connectivity index (χ0n) is 11.9. The quantitative estimate of drug-likeness (QED) is 0.465. The predicted molar refractivity (Wildman–Crippen MR) is 77.8 cm³/mol. The van der Waals surface area contributed by atoms with E-state index in [1.165, 1.54) is 19.2 Å². The summed E-state index contributed by atoms with van der Waals surface area (Å²) in [5.74, 6) is 0.515. The molecule has 1 aromatic carbocycles. The van der Waals surface area contributed by atoms with Crippen molar-refractivity contribution in [2.45, 2.75) is 19.9 Å². The van der Waals surface area contributed by atoms with Crippen molar-refractivity contribution in [3.8, 4) is 5.75 Å². The lowest BCUT2D eigenvalue weighted by Crippen LogP contribution is -2.00. The Balaban J connectivity index is 2.26. The van der Waals surface area contributed by atoms with Crippen LogP contribution in [-0.2, 0) is 6.54 Å². The van der Waals surface area contributed by atoms with E-state index in [9.17, 15) is 14.9 Å². The maximum absolute atomic E-state index is 11.6. The monoisotopic (exact) mass is 288 g/mol. The van der Waals surface area contributed by atoms with E-state index in [4.69, 9.17) is 4.74 Å². The third-order valence-electron chi connectivity index (χ3n) is 3.16. The van der Waals surface area contributed by atoms with E-state index in [2.05, 4.69) is 0 Å². The molecule has 2 rings (SSSR count). The Bertz CT molecular complexity index is 676. The van der Waals surface area contributed by atoms with Gasteiger partial charge in [-0.2, -0.15) is 0 Å². The molecule has 6 nitrogen and oxygen atoms in total. The molecule has 0 aliphatic carbocycles. The van der Waals surface area contributed by atoms with Gasteiger partial charge >= 0.3 is 0 Å². The maximum Gasteiger partial charge on any atom is 0.273 e. The van der Waals surface area contributed by atoms with Gasteiger partial charge in [-0.25, -0.2) is 0 Å². The van der Waals surface area contributed by atoms with Crippen LogP contribution in [0.5, 0.6) is 5.75 Å². The number of hydrogen-bond acceptors (Lipinski definition) is 4. The topological polar surface area (TPSA) is 74.4 Å². The van der Waals surface area contributed by atoms with Gasteiger partial charge in [0.05, 0.1) is 18.1 Å². The van der Waals surface area contributed by atoms with E-state index < -0.39 is 4.92 Å². The Kier molecular flexibility index (Phi) is 4.37. The van der Waals surface area contributed by atoms with Gasteiger partial charge in [0.25, 0.3) is 5.69 Å². The van der Waals surface area contributed by atoms with Gasteiger partial charge in [0.15, 0.2) is 5.78 Å². The number of non-ortho nitro benzene ring substituents is 1. The molecule has 0 N–H and O–H groups in total. The Labute approximate surface area is 122 Å². The molecule has 0 fully saturated rings. The highest BCUT2D eigenvalue weighted by Gasteiger charge is 2.11. The summed E-state index contributed by atoms with van der Waals surface area (Å²) in [6.07, 6.45) is 3.99. The molecule has 6 heteroatoms. The molecule has 0 saturated carbocycles. The van der Waals surface area contributed by atoms with Crippen molar-refractivity contribution in [1.29, 1.82) is 0 Å². The standard InChI is InChI=1S/C15H16N2O4/c1-3-15(18)12-4-5-16(10-12)9-11-6-13(17(19)20)8-14(7-11)21-2/h4-8,10H,3,9H2,1-2H3. The summed E-state index contributed by atoms with van der Waals surface area (Å²) in [6.45, 7) is 2.25. The summed E-state index contributed by atoms with van der Waals surface area (Å²) < 4.78 is 6.90. The fraction of sp³-hybridized carbons (Fsp3) is 0.267. The van der Waals surface area contributed by atoms with Crippen LogP contribution in [0.3, 0.4) is 0 Å². The number of aromatic nitrogens is 1. The van der Waals surface area contributed by atoms with Crippen molar-refractivity contribution in [2.24, 2.45) is 0 Å². The van der Waals surface area contributed by atoms with Crippen molar-refractivity contribution < 1.29 is 14.5 Å². The highest BCUT2D eigenvalue weighted by atomic mass is 16.6. The second-order valence-corrected chi connectivity index (χ2v) is 4.65. The first-order chi connectivity index (χ1) is 10.0. The lowest BCUT2D eigenvalue weighted by atomic mass is 10.2. The zero-order valence-corrected chi connectivity index (χ0v) is 11.9. The van der Waals surface area contributed by atoms with Gasteiger partial charge in [-0.05, 0) is 17.7 Å². The number of carbonyl (C=O) groups is 1. The van der Waals surface area contributed by atoms with Crippen LogP contribution in [0.25, 0.3) is 0 Å². The number of ether oxygens (including phenoxy) is 1. The highest BCUT2D eigenvalue weighted by molar-refractivity contribution is 5.95. The van der Waals surface area contributed by atoms with Gasteiger partial charge in [0.1, 0.15) is 5.75 Å². The molecule has 0 amide bonds. The summed E-state index contributed by atoms with van der Waals surface area (Å²) in [6, 6.07) is 6.38. The van der Waals surface area contributed by atoms with Crippen LogP contribution >= 0.6 is 0 Å². The minimum Gasteiger partial charge on any atom is -0.496 e. The Hall–Kier alpha value is -2.63. The van der Waals surface area contributed by atoms with Crippen LogP contribution in [-0.4, -0.2) is 22.4 Å². The SMILES string of the molecule is CCC(=O)c1ccn(Cc2cc(OC)cc([N+](=O)[O-])c2)c1. The largest absolute Gasteiger partial charge is 0.496 e. The van der Waals surface area contributed by atoms with E-state index in [1.807, 2.05) is 11.5 Å². The number of nitro groups is 1. The van der Waals surface area contributed by atoms with Crippen molar-refractivity contribution in [3.05, 3.63) is 57.9 Å². The number of hydrogen-bond donors (Lipinski definition) is 0. The molecule has 21 heavy (non-hydrogen) atoms. The second kappa shape index (κ2) is 6.21. The fourth-order valence-corrected chi connectivity index (χ4v) is 2.08. The van der Waals surface area contributed by atoms with E-state index in [1.54, 1.807) is 24.5 Å². The molecule has 0 aliphatic heterocycles. The predicted octanol–water partition coefficient (Wildman–Crippen LogP) is 3.05. The number of ketones is 1. The van der Waals surface area contributed by atoms with Crippen LogP contribution in [0.15, 0.2) is 36.7 Å². The van der Waals surface area contributed by atoms with Gasteiger partial charge in [-0.1, -0.05) is 6.92 Å². The van der Waals surface area contributed by atoms with Gasteiger partial charge in [-0.3, -0.25) is 14.9 Å². The number of Topliss-reactive ketones (excluding diaryl/α,β-unsaturated/α-hetero) is 1. The fourth-order valence-electron chi connectivity index (χ4n) is 2.08. The minimum atomic E-state index is -0.451. The van der Waals surface area contributed by atoms with Gasteiger partial charge in [0.2, 0.25) is 0 Å². The number of nitrogens with zero attached hydrogens (tertiary/aromatic N) is 2. The second-order valence-electron chi connectivity index (χ2n) is 4.65. The van der Waals surface area contributed by atoms with E-state index in [0.717, 1.165) is 5.56 Å². The van der Waals surface area contributed by atoms with E-state index >= 15 is 0 Å². The normalized spacial score (nSPS) is 10.4. The van der Waals surface area contributed by atoms with Gasteiger partial charge < -0.3 is 9.30 Å². The number of benzene rings is 1. The first-order valence-electron chi connectivity index (χ1n) is 6.54. The number of nitro benzene ring substituents is 1. The van der Waals surface area contributed by atoms with Gasteiger partial charge in [-0.15, -0.1) is 0 Å². The summed E-state index contributed by atoms with van der Waals surface area (Å²) in [7, 11) is 1.47. The molecule has 1 heterocycles. The lowest BCUT2D eigenvalue weighted by molar-refractivity contribution is -0.385. The minimum absolute atomic E-state index is 0.0126. The van der Waals surface area contributed by atoms with Crippen LogP contribution in [0.1, 0.15) is 29.3 Å². The molecule has 110 valence electrons. The first-order valence-corrected chi connectivity index (χ1v) is 6.54. The Morgan fingerprint density at radius 3 is 2.76 bits per heavy atom.